The maximum atomic E-state index is 11.1. The minimum absolute atomic E-state index is 0.00857. The number of rotatable bonds is 7. The highest BCUT2D eigenvalue weighted by atomic mass is 35.5. The van der Waals surface area contributed by atoms with Crippen LogP contribution in [0.1, 0.15) is 67.4 Å². The summed E-state index contributed by atoms with van der Waals surface area (Å²) >= 11 is 6.05. The van der Waals surface area contributed by atoms with Crippen LogP contribution in [0.5, 0.6) is 0 Å². The molecule has 0 saturated carbocycles. The van der Waals surface area contributed by atoms with E-state index in [1.165, 1.54) is 24.8 Å². The van der Waals surface area contributed by atoms with Gasteiger partial charge in [0.2, 0.25) is 0 Å². The summed E-state index contributed by atoms with van der Waals surface area (Å²) in [5.41, 5.74) is 8.75. The number of hydrogen-bond acceptors (Lipinski definition) is 6. The number of terminal acetylenes is 1. The first-order valence-electron chi connectivity index (χ1n) is 18.3. The molecule has 0 spiro atoms. The van der Waals surface area contributed by atoms with Crippen molar-refractivity contribution >= 4 is 33.4 Å². The van der Waals surface area contributed by atoms with Crippen molar-refractivity contribution in [1.82, 2.24) is 20.6 Å². The summed E-state index contributed by atoms with van der Waals surface area (Å²) < 4.78 is 5.98. The van der Waals surface area contributed by atoms with E-state index < -0.39 is 6.10 Å². The second-order valence-corrected chi connectivity index (χ2v) is 14.1. The smallest absolute Gasteiger partial charge is 0.0981 e. The third-order valence-corrected chi connectivity index (χ3v) is 10.6. The van der Waals surface area contributed by atoms with Crippen LogP contribution in [0.15, 0.2) is 109 Å². The minimum atomic E-state index is -0.549. The summed E-state index contributed by atoms with van der Waals surface area (Å²) in [6, 6.07) is 36.6. The van der Waals surface area contributed by atoms with Gasteiger partial charge in [0.25, 0.3) is 0 Å². The fourth-order valence-corrected chi connectivity index (χ4v) is 7.67. The number of hydrogen-bond donors (Lipinski definition) is 3. The highest BCUT2D eigenvalue weighted by Gasteiger charge is 2.27. The number of aliphatic hydroxyl groups is 1. The predicted molar refractivity (Wildman–Crippen MR) is 213 cm³/mol. The lowest BCUT2D eigenvalue weighted by Gasteiger charge is -2.31. The fraction of sp³-hybridized carbons (Fsp3) is 0.289. The number of pyridine rings is 2. The molecule has 0 amide bonds. The molecule has 0 bridgehead atoms. The Hall–Kier alpha value is -4.61. The molecule has 6 aromatic rings. The standard InChI is InChI=1S/C23H22N2O.C22H23ClN2O/c1-2-16-10-12-17(13-11-16)22-15-19(18-7-3-4-8-20(18)25-22)23(26)21-9-5-6-14-24-21;1-26-22(20-8-4-5-13-24-20)18-14-21(15-9-11-16(23)12-10-15)25-19-7-3-2-6-17(18)19/h1,3-4,7-8,10-13,15,21,23-24,26H,5-6,9,14H2;2-3,6-7,9-12,14,20,22,24H,4-5,8,13H2,1H3. The lowest BCUT2D eigenvalue weighted by Crippen LogP contribution is -2.39. The molecule has 2 aliphatic rings. The van der Waals surface area contributed by atoms with Gasteiger partial charge >= 0.3 is 0 Å². The van der Waals surface area contributed by atoms with E-state index in [0.717, 1.165) is 92.8 Å². The Labute approximate surface area is 311 Å². The lowest BCUT2D eigenvalue weighted by molar-refractivity contribution is 0.0596. The Bertz CT molecular complexity index is 2150. The van der Waals surface area contributed by atoms with Crippen LogP contribution in [0.4, 0.5) is 0 Å². The quantitative estimate of drug-likeness (QED) is 0.144. The number of benzene rings is 4. The molecule has 4 unspecified atom stereocenters. The van der Waals surface area contributed by atoms with Crippen molar-refractivity contribution in [2.45, 2.75) is 62.8 Å². The molecule has 7 heteroatoms. The molecule has 264 valence electrons. The molecule has 52 heavy (non-hydrogen) atoms. The summed E-state index contributed by atoms with van der Waals surface area (Å²) in [6.07, 6.45) is 11.8. The van der Waals surface area contributed by atoms with Crippen LogP contribution in [0.3, 0.4) is 0 Å². The highest BCUT2D eigenvalue weighted by Crippen LogP contribution is 2.35. The Morgan fingerprint density at radius 1 is 0.712 bits per heavy atom. The van der Waals surface area contributed by atoms with Crippen LogP contribution in [0.2, 0.25) is 5.02 Å². The second kappa shape index (κ2) is 16.8. The van der Waals surface area contributed by atoms with Crippen molar-refractivity contribution in [2.75, 3.05) is 20.2 Å². The number of methoxy groups -OCH3 is 1. The van der Waals surface area contributed by atoms with Gasteiger partial charge in [-0.15, -0.1) is 6.42 Å². The van der Waals surface area contributed by atoms with Crippen molar-refractivity contribution in [1.29, 1.82) is 0 Å². The number of nitrogens with one attached hydrogen (secondary N) is 2. The van der Waals surface area contributed by atoms with Gasteiger partial charge in [0, 0.05) is 51.7 Å². The molecule has 2 saturated heterocycles. The van der Waals surface area contributed by atoms with Crippen molar-refractivity contribution in [2.24, 2.45) is 0 Å². The summed E-state index contributed by atoms with van der Waals surface area (Å²) in [5.74, 6) is 2.64. The van der Waals surface area contributed by atoms with Crippen LogP contribution < -0.4 is 10.6 Å². The number of fused-ring (bicyclic) bond motifs is 2. The maximum Gasteiger partial charge on any atom is 0.0981 e. The molecule has 8 rings (SSSR count). The van der Waals surface area contributed by atoms with Gasteiger partial charge in [-0.05, 0) is 98.4 Å². The zero-order chi connectivity index (χ0) is 35.9. The first-order chi connectivity index (χ1) is 25.5. The molecular formula is C45H45ClN4O2. The molecule has 4 heterocycles. The number of nitrogens with zero attached hydrogens (tertiary/aromatic N) is 2. The van der Waals surface area contributed by atoms with E-state index in [-0.39, 0.29) is 12.1 Å². The molecule has 2 fully saturated rings. The van der Waals surface area contributed by atoms with E-state index in [4.69, 9.17) is 32.7 Å². The average Bonchev–Trinajstić information content (AvgIpc) is 3.21. The first kappa shape index (κ1) is 35.8. The van der Waals surface area contributed by atoms with Gasteiger partial charge in [-0.25, -0.2) is 9.97 Å². The number of ether oxygens (including phenoxy) is 1. The van der Waals surface area contributed by atoms with Crippen molar-refractivity contribution in [3.05, 3.63) is 131 Å². The summed E-state index contributed by atoms with van der Waals surface area (Å²) in [4.78, 5) is 9.68. The van der Waals surface area contributed by atoms with Gasteiger partial charge in [-0.1, -0.05) is 91.0 Å². The van der Waals surface area contributed by atoms with Gasteiger partial charge in [-0.2, -0.15) is 0 Å². The fourth-order valence-electron chi connectivity index (χ4n) is 7.55. The van der Waals surface area contributed by atoms with Crippen LogP contribution in [-0.4, -0.2) is 47.4 Å². The van der Waals surface area contributed by atoms with Crippen LogP contribution in [0, 0.1) is 12.3 Å². The van der Waals surface area contributed by atoms with Crippen LogP contribution in [-0.2, 0) is 4.74 Å². The van der Waals surface area contributed by atoms with E-state index in [0.29, 0.717) is 6.04 Å². The number of piperidine rings is 2. The minimum Gasteiger partial charge on any atom is -0.387 e. The Morgan fingerprint density at radius 2 is 1.23 bits per heavy atom. The molecule has 3 N–H and O–H groups in total. The van der Waals surface area contributed by atoms with Crippen LogP contribution in [0.25, 0.3) is 44.3 Å². The van der Waals surface area contributed by atoms with E-state index in [1.807, 2.05) is 84.9 Å². The van der Waals surface area contributed by atoms with E-state index in [2.05, 4.69) is 40.8 Å². The molecule has 0 aliphatic carbocycles. The molecular weight excluding hydrogens is 664 g/mol. The third-order valence-electron chi connectivity index (χ3n) is 10.3. The second-order valence-electron chi connectivity index (χ2n) is 13.7. The van der Waals surface area contributed by atoms with Gasteiger partial charge in [0.15, 0.2) is 0 Å². The van der Waals surface area contributed by atoms with Crippen LogP contribution >= 0.6 is 11.6 Å². The molecule has 2 aliphatic heterocycles. The monoisotopic (exact) mass is 708 g/mol. The molecule has 6 nitrogen and oxygen atoms in total. The summed E-state index contributed by atoms with van der Waals surface area (Å²) in [5, 5.41) is 21.1. The molecule has 4 atom stereocenters. The maximum absolute atomic E-state index is 11.1. The van der Waals surface area contributed by atoms with Crippen molar-refractivity contribution in [3.8, 4) is 34.9 Å². The van der Waals surface area contributed by atoms with Crippen molar-refractivity contribution < 1.29 is 9.84 Å². The molecule has 2 aromatic heterocycles. The van der Waals surface area contributed by atoms with Gasteiger partial charge in [0.05, 0.1) is 34.6 Å². The largest absolute Gasteiger partial charge is 0.387 e. The lowest BCUT2D eigenvalue weighted by atomic mass is 9.91. The Kier molecular flexibility index (Phi) is 11.6. The molecule has 4 aromatic carbocycles. The average molecular weight is 709 g/mol. The van der Waals surface area contributed by atoms with Gasteiger partial charge in [0.1, 0.15) is 0 Å². The number of halogens is 1. The number of aromatic nitrogens is 2. The highest BCUT2D eigenvalue weighted by molar-refractivity contribution is 6.30. The van der Waals surface area contributed by atoms with Crippen molar-refractivity contribution in [3.63, 3.8) is 0 Å². The SMILES string of the molecule is C#Cc1ccc(-c2cc(C(O)C3CCCCN3)c3ccccc3n2)cc1.COC(c1cc(-c2ccc(Cl)cc2)nc2ccccc12)C1CCCCN1. The third kappa shape index (κ3) is 8.05. The Morgan fingerprint density at radius 3 is 1.77 bits per heavy atom. The van der Waals surface area contributed by atoms with E-state index >= 15 is 0 Å². The number of aliphatic hydroxyl groups excluding tert-OH is 1. The Balaban J connectivity index is 0.000000162. The summed E-state index contributed by atoms with van der Waals surface area (Å²) in [6.45, 7) is 2.02. The normalized spacial score (nSPS) is 18.6. The number of para-hydroxylation sites is 2. The zero-order valence-electron chi connectivity index (χ0n) is 29.6. The first-order valence-corrected chi connectivity index (χ1v) is 18.7. The topological polar surface area (TPSA) is 79.3 Å². The zero-order valence-corrected chi connectivity index (χ0v) is 30.3. The van der Waals surface area contributed by atoms with Gasteiger partial charge in [-0.3, -0.25) is 0 Å². The van der Waals surface area contributed by atoms with E-state index in [9.17, 15) is 5.11 Å². The predicted octanol–water partition coefficient (Wildman–Crippen LogP) is 9.44. The summed E-state index contributed by atoms with van der Waals surface area (Å²) in [7, 11) is 1.80. The molecule has 0 radical (unpaired) electrons. The van der Waals surface area contributed by atoms with E-state index in [1.54, 1.807) is 7.11 Å². The van der Waals surface area contributed by atoms with Gasteiger partial charge < -0.3 is 20.5 Å².